The maximum absolute atomic E-state index is 14.2. The van der Waals surface area contributed by atoms with Crippen LogP contribution in [-0.4, -0.2) is 102 Å². The molecule has 0 bridgehead atoms. The molecule has 0 saturated carbocycles. The van der Waals surface area contributed by atoms with Gasteiger partial charge in [0, 0.05) is 72.6 Å². The molecule has 2 aliphatic rings. The molecule has 11 nitrogen and oxygen atoms in total. The van der Waals surface area contributed by atoms with E-state index in [9.17, 15) is 14.4 Å². The second-order valence-corrected chi connectivity index (χ2v) is 16.1. The zero-order valence-corrected chi connectivity index (χ0v) is 33.7. The lowest BCUT2D eigenvalue weighted by atomic mass is 10.0. The molecule has 13 heteroatoms. The van der Waals surface area contributed by atoms with E-state index in [0.717, 1.165) is 44.4 Å². The van der Waals surface area contributed by atoms with Crippen molar-refractivity contribution in [1.29, 1.82) is 0 Å². The van der Waals surface area contributed by atoms with Gasteiger partial charge in [-0.3, -0.25) is 9.36 Å². The van der Waals surface area contributed by atoms with Gasteiger partial charge in [0.1, 0.15) is 6.04 Å². The number of benzene rings is 3. The van der Waals surface area contributed by atoms with Crippen molar-refractivity contribution in [2.24, 2.45) is 0 Å². The fourth-order valence-electron chi connectivity index (χ4n) is 7.26. The number of nitrogens with two attached hydrogens (primary N) is 1. The van der Waals surface area contributed by atoms with Gasteiger partial charge in [-0.05, 0) is 126 Å². The highest BCUT2D eigenvalue weighted by molar-refractivity contribution is 9.11. The van der Waals surface area contributed by atoms with E-state index in [2.05, 4.69) is 90.3 Å². The van der Waals surface area contributed by atoms with E-state index in [1.54, 1.807) is 9.47 Å². The Kier molecular flexibility index (Phi) is 13.0. The summed E-state index contributed by atoms with van der Waals surface area (Å²) in [7, 11) is 4.22. The molecule has 0 aliphatic carbocycles. The number of halogens is 2. The fourth-order valence-corrected chi connectivity index (χ4v) is 8.54. The van der Waals surface area contributed by atoms with Crippen LogP contribution in [0.1, 0.15) is 42.9 Å². The van der Waals surface area contributed by atoms with E-state index in [1.165, 1.54) is 18.4 Å². The molecule has 2 aliphatic heterocycles. The smallest absolute Gasteiger partial charge is 0.326 e. The van der Waals surface area contributed by atoms with E-state index in [-0.39, 0.29) is 23.7 Å². The van der Waals surface area contributed by atoms with Gasteiger partial charge in [-0.25, -0.2) is 9.59 Å². The minimum atomic E-state index is -0.762. The number of anilines is 2. The standard InChI is InChI=1S/C40H50Br2N8O3/c1-46(2)17-7-6-8-28-11-13-31(14-12-28)47-20-22-48(23-21-47)38(51)35(26-29-24-33(41)37(43)34(42)25-29)44-39(52)49-18-15-32(16-19-49)50-27-36(45-40(50)53)30-9-4-3-5-10-30/h3-5,9-14,24-25,27,32,35H,6-8,15-23,26,43H2,1-2H3,(H,44,52)(H,45,53)/t35-/m0/s1. The second-order valence-electron chi connectivity index (χ2n) is 14.4. The van der Waals surface area contributed by atoms with Crippen molar-refractivity contribution < 1.29 is 9.59 Å². The molecule has 6 rings (SSSR count). The third-order valence-electron chi connectivity index (χ3n) is 10.4. The number of nitrogens with zero attached hydrogens (tertiary/aromatic N) is 5. The molecule has 2 saturated heterocycles. The summed E-state index contributed by atoms with van der Waals surface area (Å²) in [5, 5.41) is 3.10. The van der Waals surface area contributed by atoms with Crippen LogP contribution in [0.3, 0.4) is 0 Å². The monoisotopic (exact) mass is 848 g/mol. The summed E-state index contributed by atoms with van der Waals surface area (Å²) in [6.45, 7) is 4.61. The maximum Gasteiger partial charge on any atom is 0.326 e. The number of hydrogen-bond donors (Lipinski definition) is 3. The summed E-state index contributed by atoms with van der Waals surface area (Å²) in [6, 6.07) is 21.3. The number of piperidine rings is 1. The minimum Gasteiger partial charge on any atom is -0.397 e. The van der Waals surface area contributed by atoms with Gasteiger partial charge in [0.2, 0.25) is 5.91 Å². The molecule has 0 spiro atoms. The lowest BCUT2D eigenvalue weighted by Gasteiger charge is -2.38. The Morgan fingerprint density at radius 1 is 0.887 bits per heavy atom. The van der Waals surface area contributed by atoms with Gasteiger partial charge in [-0.1, -0.05) is 42.5 Å². The van der Waals surface area contributed by atoms with Crippen LogP contribution in [0.5, 0.6) is 0 Å². The summed E-state index contributed by atoms with van der Waals surface area (Å²) >= 11 is 7.07. The molecule has 1 aromatic heterocycles. The summed E-state index contributed by atoms with van der Waals surface area (Å²) in [4.78, 5) is 52.0. The van der Waals surface area contributed by atoms with Crippen LogP contribution in [0.2, 0.25) is 0 Å². The van der Waals surface area contributed by atoms with Gasteiger partial charge in [-0.2, -0.15) is 0 Å². The van der Waals surface area contributed by atoms with Crippen LogP contribution in [0.4, 0.5) is 16.2 Å². The third kappa shape index (κ3) is 9.93. The fraction of sp³-hybridized carbons (Fsp3) is 0.425. The molecule has 3 amide bonds. The van der Waals surface area contributed by atoms with Crippen LogP contribution in [0.25, 0.3) is 11.3 Å². The van der Waals surface area contributed by atoms with Crippen molar-refractivity contribution in [2.45, 2.75) is 50.6 Å². The van der Waals surface area contributed by atoms with Crippen LogP contribution in [0.15, 0.2) is 86.7 Å². The molecule has 53 heavy (non-hydrogen) atoms. The average molecular weight is 851 g/mol. The van der Waals surface area contributed by atoms with Crippen LogP contribution >= 0.6 is 31.9 Å². The molecule has 1 atom stereocenters. The Morgan fingerprint density at radius 3 is 2.19 bits per heavy atom. The van der Waals surface area contributed by atoms with Crippen LogP contribution in [-0.2, 0) is 17.6 Å². The van der Waals surface area contributed by atoms with Crippen molar-refractivity contribution in [3.8, 4) is 11.3 Å². The number of rotatable bonds is 12. The summed E-state index contributed by atoms with van der Waals surface area (Å²) in [6.07, 6.45) is 6.89. The first-order valence-corrected chi connectivity index (χ1v) is 20.1. The Morgan fingerprint density at radius 2 is 1.55 bits per heavy atom. The van der Waals surface area contributed by atoms with E-state index >= 15 is 0 Å². The lowest BCUT2D eigenvalue weighted by Crippen LogP contribution is -2.57. The number of amides is 3. The summed E-state index contributed by atoms with van der Waals surface area (Å²) in [5.41, 5.74) is 11.7. The number of urea groups is 1. The number of aromatic nitrogens is 2. The number of unbranched alkanes of at least 4 members (excludes halogenated alkanes) is 1. The topological polar surface area (TPSA) is 123 Å². The first-order chi connectivity index (χ1) is 25.5. The first kappa shape index (κ1) is 38.6. The molecule has 0 radical (unpaired) electrons. The van der Waals surface area contributed by atoms with Gasteiger partial charge >= 0.3 is 11.7 Å². The number of hydrogen-bond acceptors (Lipinski definition) is 6. The molecular formula is C40H50Br2N8O3. The number of aryl methyl sites for hydroxylation is 1. The van der Waals surface area contributed by atoms with E-state index < -0.39 is 6.04 Å². The average Bonchev–Trinajstić information content (AvgIpc) is 3.57. The number of piperazine rings is 1. The number of carbonyl (C=O) groups is 2. The van der Waals surface area contributed by atoms with E-state index in [1.807, 2.05) is 53.6 Å². The molecule has 4 N–H and O–H groups in total. The molecular weight excluding hydrogens is 800 g/mol. The van der Waals surface area contributed by atoms with Gasteiger partial charge in [-0.15, -0.1) is 0 Å². The van der Waals surface area contributed by atoms with E-state index in [0.29, 0.717) is 64.2 Å². The van der Waals surface area contributed by atoms with Crippen LogP contribution < -0.4 is 21.6 Å². The number of likely N-dealkylation sites (tertiary alicyclic amines) is 1. The molecule has 3 heterocycles. The van der Waals surface area contributed by atoms with E-state index in [4.69, 9.17) is 5.73 Å². The number of nitrogens with one attached hydrogen (secondary N) is 2. The van der Waals surface area contributed by atoms with Gasteiger partial charge in [0.05, 0.1) is 11.4 Å². The predicted molar refractivity (Wildman–Crippen MR) is 219 cm³/mol. The van der Waals surface area contributed by atoms with Gasteiger partial charge in [0.25, 0.3) is 0 Å². The first-order valence-electron chi connectivity index (χ1n) is 18.5. The lowest BCUT2D eigenvalue weighted by molar-refractivity contribution is -0.133. The van der Waals surface area contributed by atoms with Crippen molar-refractivity contribution in [3.05, 3.63) is 103 Å². The minimum absolute atomic E-state index is 0.0252. The number of H-pyrrole nitrogens is 1. The zero-order valence-electron chi connectivity index (χ0n) is 30.6. The van der Waals surface area contributed by atoms with Gasteiger partial charge in [0.15, 0.2) is 0 Å². The van der Waals surface area contributed by atoms with Crippen molar-refractivity contribution in [1.82, 2.24) is 29.6 Å². The summed E-state index contributed by atoms with van der Waals surface area (Å²) < 4.78 is 3.21. The Hall–Kier alpha value is -4.07. The SMILES string of the molecule is CN(C)CCCCc1ccc(N2CCN(C(=O)[C@H](Cc3cc(Br)c(N)c(Br)c3)NC(=O)N3CCC(n4cc(-c5ccccc5)[nH]c4=O)CC3)CC2)cc1. The van der Waals surface area contributed by atoms with Crippen molar-refractivity contribution >= 4 is 55.2 Å². The highest BCUT2D eigenvalue weighted by Crippen LogP contribution is 2.31. The molecule has 2 fully saturated rings. The zero-order chi connectivity index (χ0) is 37.5. The number of nitrogen functional groups attached to an aromatic ring is 1. The normalized spacial score (nSPS) is 15.9. The highest BCUT2D eigenvalue weighted by Gasteiger charge is 2.32. The van der Waals surface area contributed by atoms with Crippen molar-refractivity contribution in [2.75, 3.05) is 70.5 Å². The number of imidazole rings is 1. The second kappa shape index (κ2) is 17.8. The largest absolute Gasteiger partial charge is 0.397 e. The molecule has 282 valence electrons. The molecule has 4 aromatic rings. The van der Waals surface area contributed by atoms with Crippen molar-refractivity contribution in [3.63, 3.8) is 0 Å². The quantitative estimate of drug-likeness (QED) is 0.116. The Bertz CT molecular complexity index is 1870. The Labute approximate surface area is 328 Å². The molecule has 0 unspecified atom stereocenters. The molecule has 3 aromatic carbocycles. The third-order valence-corrected chi connectivity index (χ3v) is 11.7. The Balaban J connectivity index is 1.07. The summed E-state index contributed by atoms with van der Waals surface area (Å²) in [5.74, 6) is -0.0997. The van der Waals surface area contributed by atoms with Gasteiger partial charge < -0.3 is 35.6 Å². The highest BCUT2D eigenvalue weighted by atomic mass is 79.9. The number of carbonyl (C=O) groups excluding carboxylic acids is 2. The predicted octanol–water partition coefficient (Wildman–Crippen LogP) is 6.14. The van der Waals surface area contributed by atoms with Crippen LogP contribution in [0, 0.1) is 0 Å². The number of aromatic amines is 1. The maximum atomic E-state index is 14.2.